The van der Waals surface area contributed by atoms with Crippen LogP contribution in [-0.2, 0) is 11.3 Å². The number of aliphatic hydroxyl groups is 1. The molecule has 2 saturated heterocycles. The van der Waals surface area contributed by atoms with Crippen LogP contribution in [0.1, 0.15) is 62.3 Å². The van der Waals surface area contributed by atoms with Gasteiger partial charge in [0.2, 0.25) is 0 Å². The van der Waals surface area contributed by atoms with E-state index in [0.29, 0.717) is 12.0 Å². The number of aliphatic hydroxyl groups excluding tert-OH is 1. The minimum atomic E-state index is -0.112. The number of rotatable bonds is 3. The third-order valence-corrected chi connectivity index (χ3v) is 6.78. The highest BCUT2D eigenvalue weighted by molar-refractivity contribution is 5.81. The summed E-state index contributed by atoms with van der Waals surface area (Å²) in [6.45, 7) is 2.78. The Hall–Kier alpha value is -1.43. The highest BCUT2D eigenvalue weighted by Gasteiger charge is 2.39. The summed E-state index contributed by atoms with van der Waals surface area (Å²) in [6, 6.07) is 4.73. The van der Waals surface area contributed by atoms with Crippen LogP contribution in [-0.4, -0.2) is 45.3 Å². The van der Waals surface area contributed by atoms with Crippen LogP contribution in [0.5, 0.6) is 0 Å². The van der Waals surface area contributed by atoms with Gasteiger partial charge in [-0.25, -0.2) is 4.98 Å². The van der Waals surface area contributed by atoms with Gasteiger partial charge in [0.1, 0.15) is 5.65 Å². The van der Waals surface area contributed by atoms with Crippen LogP contribution >= 0.6 is 0 Å². The van der Waals surface area contributed by atoms with E-state index in [1.54, 1.807) is 0 Å². The number of aromatic nitrogens is 2. The van der Waals surface area contributed by atoms with Crippen LogP contribution in [0.15, 0.2) is 18.3 Å². The molecule has 2 aliphatic heterocycles. The average molecular weight is 355 g/mol. The van der Waals surface area contributed by atoms with Crippen LogP contribution in [0.25, 0.3) is 11.0 Å². The van der Waals surface area contributed by atoms with Crippen molar-refractivity contribution in [2.75, 3.05) is 13.2 Å². The number of likely N-dealkylation sites (tertiary alicyclic amines) is 1. The highest BCUT2D eigenvalue weighted by Crippen LogP contribution is 2.39. The lowest BCUT2D eigenvalue weighted by Crippen LogP contribution is -2.52. The second-order valence-corrected chi connectivity index (χ2v) is 8.26. The van der Waals surface area contributed by atoms with Crippen molar-refractivity contribution in [1.82, 2.24) is 14.9 Å². The van der Waals surface area contributed by atoms with Crippen molar-refractivity contribution in [3.8, 4) is 0 Å². The van der Waals surface area contributed by atoms with Crippen LogP contribution in [0.2, 0.25) is 0 Å². The molecule has 0 spiro atoms. The Morgan fingerprint density at radius 3 is 3.00 bits per heavy atom. The quantitative estimate of drug-likeness (QED) is 0.884. The third-order valence-electron chi connectivity index (χ3n) is 6.78. The Morgan fingerprint density at radius 2 is 2.12 bits per heavy atom. The molecule has 5 rings (SSSR count). The van der Waals surface area contributed by atoms with E-state index < -0.39 is 0 Å². The molecule has 0 bridgehead atoms. The number of nitrogens with one attached hydrogen (secondary N) is 1. The summed E-state index contributed by atoms with van der Waals surface area (Å²) >= 11 is 0. The molecular weight excluding hydrogens is 326 g/mol. The number of fused-ring (bicyclic) bond motifs is 2. The molecule has 140 valence electrons. The zero-order valence-electron chi connectivity index (χ0n) is 15.4. The minimum Gasteiger partial charge on any atom is -0.393 e. The van der Waals surface area contributed by atoms with Crippen LogP contribution in [0.3, 0.4) is 0 Å². The number of nitrogens with zero attached hydrogens (tertiary/aromatic N) is 2. The zero-order chi connectivity index (χ0) is 17.5. The first-order valence-corrected chi connectivity index (χ1v) is 10.3. The molecule has 4 atom stereocenters. The molecule has 2 aromatic rings. The van der Waals surface area contributed by atoms with Crippen LogP contribution in [0, 0.1) is 5.92 Å². The van der Waals surface area contributed by atoms with Gasteiger partial charge in [0.15, 0.2) is 0 Å². The van der Waals surface area contributed by atoms with E-state index in [4.69, 9.17) is 4.74 Å². The standard InChI is InChI=1S/C21H29N3O2/c25-18-9-11-24(17-7-2-1-5-15(17)18)13-16-14-6-3-10-22-21(14)23-20(16)19-8-4-12-26-19/h3,6,10,15,17-19,25H,1-2,4-5,7-9,11-13H2,(H,22,23)/t15?,17?,18?,19-/m0/s1. The predicted molar refractivity (Wildman–Crippen MR) is 101 cm³/mol. The number of hydrogen-bond acceptors (Lipinski definition) is 4. The molecule has 3 aliphatic rings. The Labute approximate surface area is 154 Å². The van der Waals surface area contributed by atoms with Gasteiger partial charge < -0.3 is 14.8 Å². The molecule has 5 nitrogen and oxygen atoms in total. The monoisotopic (exact) mass is 355 g/mol. The van der Waals surface area contributed by atoms with Gasteiger partial charge in [-0.15, -0.1) is 0 Å². The molecule has 2 aromatic heterocycles. The molecule has 4 heterocycles. The summed E-state index contributed by atoms with van der Waals surface area (Å²) in [6.07, 6.45) is 10.00. The molecule has 5 heteroatoms. The van der Waals surface area contributed by atoms with Crippen molar-refractivity contribution < 1.29 is 9.84 Å². The van der Waals surface area contributed by atoms with Crippen LogP contribution < -0.4 is 0 Å². The molecule has 1 saturated carbocycles. The maximum absolute atomic E-state index is 10.5. The molecule has 3 fully saturated rings. The van der Waals surface area contributed by atoms with Crippen molar-refractivity contribution in [2.24, 2.45) is 5.92 Å². The van der Waals surface area contributed by atoms with Gasteiger partial charge in [-0.05, 0) is 49.8 Å². The molecule has 3 unspecified atom stereocenters. The number of ether oxygens (including phenoxy) is 1. The molecular formula is C21H29N3O2. The first-order valence-electron chi connectivity index (χ1n) is 10.3. The van der Waals surface area contributed by atoms with Gasteiger partial charge in [0.25, 0.3) is 0 Å². The Bertz CT molecular complexity index is 768. The zero-order valence-corrected chi connectivity index (χ0v) is 15.4. The van der Waals surface area contributed by atoms with E-state index in [9.17, 15) is 5.11 Å². The van der Waals surface area contributed by atoms with E-state index >= 15 is 0 Å². The fraction of sp³-hybridized carbons (Fsp3) is 0.667. The van der Waals surface area contributed by atoms with E-state index in [-0.39, 0.29) is 12.2 Å². The third kappa shape index (κ3) is 2.86. The number of pyridine rings is 1. The first kappa shape index (κ1) is 16.7. The smallest absolute Gasteiger partial charge is 0.137 e. The summed E-state index contributed by atoms with van der Waals surface area (Å²) in [4.78, 5) is 10.7. The SMILES string of the molecule is OC1CCN(Cc2c([C@@H]3CCCO3)[nH]c3ncccc23)C2CCCCC12. The maximum Gasteiger partial charge on any atom is 0.137 e. The van der Waals surface area contributed by atoms with E-state index in [2.05, 4.69) is 20.9 Å². The number of H-pyrrole nitrogens is 1. The molecule has 1 aliphatic carbocycles. The van der Waals surface area contributed by atoms with Gasteiger partial charge in [-0.1, -0.05) is 12.8 Å². The second-order valence-electron chi connectivity index (χ2n) is 8.26. The summed E-state index contributed by atoms with van der Waals surface area (Å²) in [7, 11) is 0. The van der Waals surface area contributed by atoms with Gasteiger partial charge in [0, 0.05) is 43.2 Å². The van der Waals surface area contributed by atoms with Gasteiger partial charge in [-0.2, -0.15) is 0 Å². The summed E-state index contributed by atoms with van der Waals surface area (Å²) < 4.78 is 6.00. The fourth-order valence-corrected chi connectivity index (χ4v) is 5.47. The highest BCUT2D eigenvalue weighted by atomic mass is 16.5. The average Bonchev–Trinajstić information content (AvgIpc) is 3.32. The second kappa shape index (κ2) is 6.95. The lowest BCUT2D eigenvalue weighted by molar-refractivity contribution is -0.0395. The van der Waals surface area contributed by atoms with E-state index in [1.165, 1.54) is 42.3 Å². The molecule has 0 aromatic carbocycles. The Balaban J connectivity index is 1.49. The summed E-state index contributed by atoms with van der Waals surface area (Å²) in [5.41, 5.74) is 3.57. The number of hydrogen-bond donors (Lipinski definition) is 2. The van der Waals surface area contributed by atoms with Crippen molar-refractivity contribution in [2.45, 2.75) is 69.7 Å². The van der Waals surface area contributed by atoms with Gasteiger partial charge in [-0.3, -0.25) is 4.90 Å². The van der Waals surface area contributed by atoms with E-state index in [1.807, 2.05) is 12.3 Å². The lowest BCUT2D eigenvalue weighted by Gasteiger charge is -2.46. The predicted octanol–water partition coefficient (Wildman–Crippen LogP) is 3.54. The Morgan fingerprint density at radius 1 is 1.19 bits per heavy atom. The van der Waals surface area contributed by atoms with Gasteiger partial charge >= 0.3 is 0 Å². The summed E-state index contributed by atoms with van der Waals surface area (Å²) in [5, 5.41) is 11.7. The van der Waals surface area contributed by atoms with Crippen LogP contribution in [0.4, 0.5) is 0 Å². The van der Waals surface area contributed by atoms with E-state index in [0.717, 1.165) is 44.6 Å². The molecule has 0 amide bonds. The van der Waals surface area contributed by atoms with Crippen molar-refractivity contribution >= 4 is 11.0 Å². The molecule has 0 radical (unpaired) electrons. The Kier molecular flexibility index (Phi) is 4.47. The molecule has 2 N–H and O–H groups in total. The van der Waals surface area contributed by atoms with Crippen molar-refractivity contribution in [1.29, 1.82) is 0 Å². The first-order chi connectivity index (χ1) is 12.8. The largest absolute Gasteiger partial charge is 0.393 e. The topological polar surface area (TPSA) is 61.4 Å². The fourth-order valence-electron chi connectivity index (χ4n) is 5.47. The minimum absolute atomic E-state index is 0.112. The normalized spacial score (nSPS) is 32.8. The molecule has 26 heavy (non-hydrogen) atoms. The van der Waals surface area contributed by atoms with Crippen molar-refractivity contribution in [3.05, 3.63) is 29.6 Å². The van der Waals surface area contributed by atoms with Gasteiger partial charge in [0.05, 0.1) is 17.9 Å². The number of piperidine rings is 1. The maximum atomic E-state index is 10.5. The summed E-state index contributed by atoms with van der Waals surface area (Å²) in [5.74, 6) is 0.451. The van der Waals surface area contributed by atoms with Crippen molar-refractivity contribution in [3.63, 3.8) is 0 Å². The lowest BCUT2D eigenvalue weighted by atomic mass is 9.76. The number of aromatic amines is 1.